The maximum atomic E-state index is 11.8. The summed E-state index contributed by atoms with van der Waals surface area (Å²) in [4.78, 5) is 24.6. The van der Waals surface area contributed by atoms with E-state index in [1.54, 1.807) is 77.0 Å². The van der Waals surface area contributed by atoms with Crippen molar-refractivity contribution in [1.29, 1.82) is 0 Å². The Bertz CT molecular complexity index is 2020. The number of carbonyl (C=O) groups is 1. The number of benzene rings is 3. The topological polar surface area (TPSA) is 174 Å². The van der Waals surface area contributed by atoms with Gasteiger partial charge < -0.3 is 39.6 Å². The number of hydrogen-bond acceptors (Lipinski definition) is 11. The van der Waals surface area contributed by atoms with Crippen molar-refractivity contribution in [3.63, 3.8) is 0 Å². The van der Waals surface area contributed by atoms with Gasteiger partial charge in [-0.25, -0.2) is 0 Å². The van der Waals surface area contributed by atoms with E-state index in [2.05, 4.69) is 20.3 Å². The smallest absolute Gasteiger partial charge is 0 e. The van der Waals surface area contributed by atoms with Gasteiger partial charge in [-0.2, -0.15) is 6.20 Å². The maximum absolute atomic E-state index is 11.8. The zero-order valence-corrected chi connectivity index (χ0v) is 34.0. The van der Waals surface area contributed by atoms with Crippen molar-refractivity contribution in [3.8, 4) is 34.5 Å². The van der Waals surface area contributed by atoms with Crippen LogP contribution in [0.3, 0.4) is 0 Å². The van der Waals surface area contributed by atoms with Crippen LogP contribution in [0.2, 0.25) is 0 Å². The largest absolute Gasteiger partial charge is 0 e. The molecule has 58 heavy (non-hydrogen) atoms. The van der Waals surface area contributed by atoms with Gasteiger partial charge in [-0.15, -0.1) is 6.54 Å². The molecule has 0 saturated heterocycles. The molecule has 0 bridgehead atoms. The molecule has 1 radical (unpaired) electrons. The van der Waals surface area contributed by atoms with Crippen LogP contribution in [-0.2, 0) is 26.6 Å². The van der Waals surface area contributed by atoms with Crippen LogP contribution >= 0.6 is 7.81 Å². The van der Waals surface area contributed by atoms with Crippen molar-refractivity contribution >= 4 is 32.2 Å². The van der Waals surface area contributed by atoms with E-state index in [-0.39, 0.29) is 52.2 Å². The van der Waals surface area contributed by atoms with Gasteiger partial charge in [0, 0.05) is 47.3 Å². The average Bonchev–Trinajstić information content (AvgIpc) is 3.14. The second-order valence-electron chi connectivity index (χ2n) is 11.8. The number of nitrogens with zero attached hydrogens (tertiary/aromatic N) is 4. The van der Waals surface area contributed by atoms with E-state index in [1.807, 2.05) is 13.8 Å². The molecule has 4 rings (SSSR count). The number of halogens is 6. The minimum absolute atomic E-state index is 0. The van der Waals surface area contributed by atoms with Crippen LogP contribution in [-0.4, -0.2) is 78.0 Å². The molecule has 0 spiro atoms. The molecule has 0 unspecified atom stereocenters. The van der Waals surface area contributed by atoms with Crippen molar-refractivity contribution < 1.29 is 81.3 Å². The van der Waals surface area contributed by atoms with Crippen LogP contribution < -0.4 is 29.5 Å². The monoisotopic (exact) mass is 880 g/mol. The number of aliphatic imine (C=N–C) groups is 3. The summed E-state index contributed by atoms with van der Waals surface area (Å²) in [7, 11) is -4.49. The van der Waals surface area contributed by atoms with Crippen LogP contribution in [0.1, 0.15) is 30.5 Å². The zero-order chi connectivity index (χ0) is 42.9. The van der Waals surface area contributed by atoms with Crippen molar-refractivity contribution in [2.75, 3.05) is 41.5 Å². The summed E-state index contributed by atoms with van der Waals surface area (Å²) in [6.45, 7) is 4.54. The molecule has 12 nitrogen and oxygen atoms in total. The molecule has 0 amide bonds. The minimum atomic E-state index is -10.7. The number of ketones is 1. The molecule has 0 N–H and O–H groups in total. The van der Waals surface area contributed by atoms with Gasteiger partial charge in [0.2, 0.25) is 0 Å². The van der Waals surface area contributed by atoms with Crippen molar-refractivity contribution in [1.82, 2.24) is 0 Å². The maximum Gasteiger partial charge on any atom is 0 e. The molecular weight excluding hydrogens is 840 g/mol. The van der Waals surface area contributed by atoms with E-state index in [9.17, 15) is 45.3 Å². The standard InChI is InChI=1S/2C19H22N2O4.F6P.Mn/c2*1-13(21-12-15-9-17(25-3)5-7-19(15)23)10-20-11-14-8-16(24-2)4-6-18(14)22;1-7(2,3,4,5)6;/h4-9,11-13H,10H2,1-3H3,(H2,20,21,22,23);4-9,11-13,22-23H,10H2,1-3H3;;/q;;-1;/p-4/t2*13-;;/m10../s1. The molecule has 0 heterocycles. The SMILES string of the molecule is COC1=C/C(=C/[N-]C[C@@H](C)N=Cc2cc(OC)ccc2[O-])C(=O)C=C1.COc1ccc([O-])c(C=NC[C@H](C)N=Cc2cc(OC)ccc2[O-])c1.F[P-](F)(F)(F)(F)F.[Mn]. The molecule has 1 aliphatic rings. The summed E-state index contributed by atoms with van der Waals surface area (Å²) in [6.07, 6.45) is 10.8. The molecule has 0 fully saturated rings. The minimum Gasteiger partial charge on any atom is 0 e. The quantitative estimate of drug-likeness (QED) is 0.0522. The molecule has 1 aliphatic carbocycles. The van der Waals surface area contributed by atoms with Gasteiger partial charge in [0.1, 0.15) is 23.0 Å². The van der Waals surface area contributed by atoms with E-state index in [0.717, 1.165) is 0 Å². The van der Waals surface area contributed by atoms with Crippen LogP contribution in [0.15, 0.2) is 105 Å². The van der Waals surface area contributed by atoms with Crippen molar-refractivity contribution in [2.45, 2.75) is 25.9 Å². The summed E-state index contributed by atoms with van der Waals surface area (Å²) in [5, 5.41) is 39.5. The Balaban J connectivity index is 0.000000491. The van der Waals surface area contributed by atoms with Gasteiger partial charge in [0.15, 0.2) is 5.78 Å². The first-order valence-corrected chi connectivity index (χ1v) is 18.6. The fourth-order valence-electron chi connectivity index (χ4n) is 4.13. The third kappa shape index (κ3) is 21.1. The first kappa shape index (κ1) is 50.5. The molecule has 20 heteroatoms. The van der Waals surface area contributed by atoms with E-state index in [4.69, 9.17) is 18.9 Å². The molecule has 0 aliphatic heterocycles. The van der Waals surface area contributed by atoms with E-state index >= 15 is 0 Å². The van der Waals surface area contributed by atoms with Gasteiger partial charge in [0.05, 0.1) is 41.0 Å². The van der Waals surface area contributed by atoms with Gasteiger partial charge in [-0.1, -0.05) is 35.4 Å². The zero-order valence-electron chi connectivity index (χ0n) is 32.0. The number of ether oxygens (including phenoxy) is 4. The number of hydrogen-bond donors (Lipinski definition) is 0. The average molecular weight is 881 g/mol. The summed E-state index contributed by atoms with van der Waals surface area (Å²) >= 11 is 0. The molecule has 2 atom stereocenters. The molecule has 3 aromatic rings. The fourth-order valence-corrected chi connectivity index (χ4v) is 4.13. The predicted octanol–water partition coefficient (Wildman–Crippen LogP) is 7.66. The van der Waals surface area contributed by atoms with Crippen LogP contribution in [0.4, 0.5) is 25.2 Å². The van der Waals surface area contributed by atoms with E-state index < -0.39 is 7.81 Å². The number of rotatable bonds is 14. The normalized spacial score (nSPS) is 15.5. The summed E-state index contributed by atoms with van der Waals surface area (Å²) in [5.41, 5.74) is 1.85. The van der Waals surface area contributed by atoms with Gasteiger partial charge in [0.25, 0.3) is 0 Å². The van der Waals surface area contributed by atoms with Gasteiger partial charge in [-0.05, 0) is 85.2 Å². The van der Waals surface area contributed by atoms with Crippen LogP contribution in [0.25, 0.3) is 5.32 Å². The summed E-state index contributed by atoms with van der Waals surface area (Å²) < 4.78 is 79.6. The second-order valence-corrected chi connectivity index (χ2v) is 13.7. The van der Waals surface area contributed by atoms with Gasteiger partial charge >= 0.3 is 33.0 Å². The summed E-state index contributed by atoms with van der Waals surface area (Å²) in [5.74, 6) is 1.95. The number of carbonyl (C=O) groups excluding carboxylic acids is 1. The van der Waals surface area contributed by atoms with E-state index in [0.29, 0.717) is 58.4 Å². The molecule has 0 saturated carbocycles. The van der Waals surface area contributed by atoms with E-state index in [1.165, 1.54) is 49.1 Å². The second kappa shape index (κ2) is 21.9. The Kier molecular flexibility index (Phi) is 19.0. The summed E-state index contributed by atoms with van der Waals surface area (Å²) in [6, 6.07) is 13.8. The molecular formula is C38H40F6MnN4O8P-5. The third-order valence-corrected chi connectivity index (χ3v) is 7.00. The first-order valence-electron chi connectivity index (χ1n) is 16.5. The van der Waals surface area contributed by atoms with Crippen molar-refractivity contribution in [2.24, 2.45) is 15.0 Å². The Labute approximate surface area is 342 Å². The Morgan fingerprint density at radius 1 is 0.672 bits per heavy atom. The molecule has 319 valence electrons. The van der Waals surface area contributed by atoms with Crippen LogP contribution in [0, 0.1) is 0 Å². The molecule has 3 aromatic carbocycles. The van der Waals surface area contributed by atoms with Gasteiger partial charge in [-0.3, -0.25) is 19.8 Å². The van der Waals surface area contributed by atoms with Crippen LogP contribution in [0.5, 0.6) is 34.5 Å². The Morgan fingerprint density at radius 2 is 1.09 bits per heavy atom. The third-order valence-electron chi connectivity index (χ3n) is 7.00. The Morgan fingerprint density at radius 3 is 1.50 bits per heavy atom. The molecule has 0 aromatic heterocycles. The van der Waals surface area contributed by atoms with Crippen molar-refractivity contribution in [3.05, 3.63) is 112 Å². The Hall–Kier alpha value is -5.51. The number of methoxy groups -OCH3 is 4. The predicted molar refractivity (Wildman–Crippen MR) is 203 cm³/mol. The first-order chi connectivity index (χ1) is 26.5. The number of allylic oxidation sites excluding steroid dienone is 4. The fraction of sp³-hybridized carbons (Fsp3) is 0.263.